The fourth-order valence-electron chi connectivity index (χ4n) is 1.56. The van der Waals surface area contributed by atoms with Crippen molar-refractivity contribution in [3.05, 3.63) is 16.9 Å². The van der Waals surface area contributed by atoms with E-state index in [0.717, 1.165) is 24.3 Å². The molecule has 1 aromatic rings. The zero-order valence-corrected chi connectivity index (χ0v) is 10.4. The Morgan fingerprint density at radius 2 is 2.44 bits per heavy atom. The van der Waals surface area contributed by atoms with Gasteiger partial charge in [0, 0.05) is 5.69 Å². The normalized spacial score (nSPS) is 19.8. The van der Waals surface area contributed by atoms with E-state index in [2.05, 4.69) is 15.3 Å². The Bertz CT molecular complexity index is 387. The number of carbonyl (C=O) groups excluding carboxylic acids is 1. The molecule has 1 aliphatic rings. The van der Waals surface area contributed by atoms with Gasteiger partial charge in [0.25, 0.3) is 0 Å². The molecule has 1 amide bonds. The third-order valence-corrected chi connectivity index (χ3v) is 3.85. The number of nitrogens with one attached hydrogen (secondary N) is 1. The lowest BCUT2D eigenvalue weighted by atomic mass is 10.2. The minimum absolute atomic E-state index is 0.0239. The smallest absolute Gasteiger partial charge is 0.239 e. The van der Waals surface area contributed by atoms with Gasteiger partial charge in [0.15, 0.2) is 0 Å². The Kier molecular flexibility index (Phi) is 3.66. The maximum Gasteiger partial charge on any atom is 0.239 e. The highest BCUT2D eigenvalue weighted by Gasteiger charge is 2.23. The van der Waals surface area contributed by atoms with E-state index in [4.69, 9.17) is 11.6 Å². The van der Waals surface area contributed by atoms with Gasteiger partial charge in [-0.25, -0.2) is 9.97 Å². The van der Waals surface area contributed by atoms with E-state index in [1.165, 1.54) is 0 Å². The van der Waals surface area contributed by atoms with Crippen LogP contribution in [0.3, 0.4) is 0 Å². The van der Waals surface area contributed by atoms with Crippen molar-refractivity contribution in [3.8, 4) is 0 Å². The highest BCUT2D eigenvalue weighted by molar-refractivity contribution is 8.00. The molecule has 2 heterocycles. The van der Waals surface area contributed by atoms with Crippen LogP contribution in [-0.4, -0.2) is 26.9 Å². The molecule has 0 aliphatic carbocycles. The second-order valence-electron chi connectivity index (χ2n) is 3.65. The van der Waals surface area contributed by atoms with Crippen molar-refractivity contribution in [1.82, 2.24) is 9.97 Å². The summed E-state index contributed by atoms with van der Waals surface area (Å²) in [6, 6.07) is 1.65. The first-order chi connectivity index (χ1) is 7.65. The molecular weight excluding hydrogens is 246 g/mol. The Hall–Kier alpha value is -0.810. The SMILES string of the molecule is Cc1cc(Cl)nc(NC(=O)C2CCCS2)n1. The van der Waals surface area contributed by atoms with Crippen LogP contribution in [0, 0.1) is 6.92 Å². The van der Waals surface area contributed by atoms with Gasteiger partial charge in [-0.15, -0.1) is 11.8 Å². The van der Waals surface area contributed by atoms with Crippen molar-refractivity contribution < 1.29 is 4.79 Å². The molecule has 0 aromatic carbocycles. The summed E-state index contributed by atoms with van der Waals surface area (Å²) in [5.74, 6) is 1.32. The third-order valence-electron chi connectivity index (χ3n) is 2.28. The number of anilines is 1. The van der Waals surface area contributed by atoms with Crippen molar-refractivity contribution >= 4 is 35.2 Å². The third kappa shape index (κ3) is 2.86. The Morgan fingerprint density at radius 1 is 1.62 bits per heavy atom. The largest absolute Gasteiger partial charge is 0.294 e. The molecule has 0 saturated carbocycles. The number of carbonyl (C=O) groups is 1. The average molecular weight is 258 g/mol. The first-order valence-corrected chi connectivity index (χ1v) is 6.51. The lowest BCUT2D eigenvalue weighted by Gasteiger charge is -2.08. The van der Waals surface area contributed by atoms with Crippen LogP contribution in [0.2, 0.25) is 5.15 Å². The lowest BCUT2D eigenvalue weighted by Crippen LogP contribution is -2.24. The van der Waals surface area contributed by atoms with E-state index < -0.39 is 0 Å². The summed E-state index contributed by atoms with van der Waals surface area (Å²) in [5.41, 5.74) is 0.745. The predicted molar refractivity (Wildman–Crippen MR) is 65.9 cm³/mol. The van der Waals surface area contributed by atoms with E-state index in [1.54, 1.807) is 17.8 Å². The fraction of sp³-hybridized carbons (Fsp3) is 0.500. The van der Waals surface area contributed by atoms with Crippen LogP contribution in [0.15, 0.2) is 6.07 Å². The van der Waals surface area contributed by atoms with E-state index >= 15 is 0 Å². The number of hydrogen-bond acceptors (Lipinski definition) is 4. The second kappa shape index (κ2) is 5.01. The molecule has 16 heavy (non-hydrogen) atoms. The van der Waals surface area contributed by atoms with Crippen molar-refractivity contribution in [3.63, 3.8) is 0 Å². The molecule has 86 valence electrons. The number of rotatable bonds is 2. The Morgan fingerprint density at radius 3 is 3.06 bits per heavy atom. The fourth-order valence-corrected chi connectivity index (χ4v) is 2.96. The lowest BCUT2D eigenvalue weighted by molar-refractivity contribution is -0.115. The molecule has 1 saturated heterocycles. The summed E-state index contributed by atoms with van der Waals surface area (Å²) < 4.78 is 0. The van der Waals surface area contributed by atoms with Gasteiger partial charge in [0.05, 0.1) is 5.25 Å². The van der Waals surface area contributed by atoms with E-state index in [9.17, 15) is 4.79 Å². The van der Waals surface area contributed by atoms with Crippen LogP contribution in [0.5, 0.6) is 0 Å². The maximum absolute atomic E-state index is 11.8. The van der Waals surface area contributed by atoms with Crippen molar-refractivity contribution in [2.45, 2.75) is 25.0 Å². The van der Waals surface area contributed by atoms with Crippen molar-refractivity contribution in [2.24, 2.45) is 0 Å². The van der Waals surface area contributed by atoms with E-state index in [-0.39, 0.29) is 11.2 Å². The molecule has 1 aromatic heterocycles. The molecule has 1 atom stereocenters. The summed E-state index contributed by atoms with van der Waals surface area (Å²) in [5, 5.41) is 3.08. The van der Waals surface area contributed by atoms with Gasteiger partial charge >= 0.3 is 0 Å². The number of amides is 1. The summed E-state index contributed by atoms with van der Waals surface area (Å²) in [4.78, 5) is 19.8. The van der Waals surface area contributed by atoms with Crippen LogP contribution < -0.4 is 5.32 Å². The maximum atomic E-state index is 11.8. The molecule has 1 aliphatic heterocycles. The second-order valence-corrected chi connectivity index (χ2v) is 5.34. The molecule has 2 rings (SSSR count). The van der Waals surface area contributed by atoms with Crippen molar-refractivity contribution in [2.75, 3.05) is 11.1 Å². The number of thioether (sulfide) groups is 1. The highest BCUT2D eigenvalue weighted by Crippen LogP contribution is 2.26. The molecule has 4 nitrogen and oxygen atoms in total. The molecule has 1 N–H and O–H groups in total. The van der Waals surface area contributed by atoms with Gasteiger partial charge in [-0.05, 0) is 31.6 Å². The van der Waals surface area contributed by atoms with Crippen LogP contribution >= 0.6 is 23.4 Å². The van der Waals surface area contributed by atoms with Gasteiger partial charge < -0.3 is 0 Å². The molecule has 0 spiro atoms. The van der Waals surface area contributed by atoms with Crippen LogP contribution in [0.1, 0.15) is 18.5 Å². The summed E-state index contributed by atoms with van der Waals surface area (Å²) >= 11 is 7.46. The van der Waals surface area contributed by atoms with Gasteiger partial charge in [0.2, 0.25) is 11.9 Å². The predicted octanol–water partition coefficient (Wildman–Crippen LogP) is 2.27. The zero-order chi connectivity index (χ0) is 11.5. The summed E-state index contributed by atoms with van der Waals surface area (Å²) in [6.45, 7) is 1.81. The van der Waals surface area contributed by atoms with Crippen LogP contribution in [-0.2, 0) is 4.79 Å². The van der Waals surface area contributed by atoms with Crippen LogP contribution in [0.25, 0.3) is 0 Å². The number of aryl methyl sites for hydroxylation is 1. The zero-order valence-electron chi connectivity index (χ0n) is 8.86. The minimum Gasteiger partial charge on any atom is -0.294 e. The molecule has 1 unspecified atom stereocenters. The monoisotopic (exact) mass is 257 g/mol. The number of nitrogens with zero attached hydrogens (tertiary/aromatic N) is 2. The number of hydrogen-bond donors (Lipinski definition) is 1. The van der Waals surface area contributed by atoms with Gasteiger partial charge in [-0.3, -0.25) is 10.1 Å². The van der Waals surface area contributed by atoms with E-state index in [1.807, 2.05) is 6.92 Å². The summed E-state index contributed by atoms with van der Waals surface area (Å²) in [6.07, 6.45) is 2.02. The number of aromatic nitrogens is 2. The molecule has 0 bridgehead atoms. The molecule has 1 fully saturated rings. The highest BCUT2D eigenvalue weighted by atomic mass is 35.5. The van der Waals surface area contributed by atoms with E-state index in [0.29, 0.717) is 11.1 Å². The number of halogens is 1. The summed E-state index contributed by atoms with van der Waals surface area (Å²) in [7, 11) is 0. The molecule has 6 heteroatoms. The van der Waals surface area contributed by atoms with Gasteiger partial charge in [-0.1, -0.05) is 11.6 Å². The van der Waals surface area contributed by atoms with Crippen LogP contribution in [0.4, 0.5) is 5.95 Å². The average Bonchev–Trinajstić information content (AvgIpc) is 2.68. The Balaban J connectivity index is 2.05. The minimum atomic E-state index is -0.0239. The molecule has 0 radical (unpaired) electrons. The van der Waals surface area contributed by atoms with Gasteiger partial charge in [0.1, 0.15) is 5.15 Å². The molecular formula is C10H12ClN3OS. The quantitative estimate of drug-likeness (QED) is 0.826. The standard InChI is InChI=1S/C10H12ClN3OS/c1-6-5-8(11)13-10(12-6)14-9(15)7-3-2-4-16-7/h5,7H,2-4H2,1H3,(H,12,13,14,15). The van der Waals surface area contributed by atoms with Gasteiger partial charge in [-0.2, -0.15) is 0 Å². The van der Waals surface area contributed by atoms with Crippen molar-refractivity contribution in [1.29, 1.82) is 0 Å². The Labute approximate surface area is 103 Å². The first kappa shape index (κ1) is 11.7. The first-order valence-electron chi connectivity index (χ1n) is 5.09. The topological polar surface area (TPSA) is 54.9 Å².